The third-order valence-corrected chi connectivity index (χ3v) is 5.14. The molecule has 1 aliphatic heterocycles. The normalized spacial score (nSPS) is 15.0. The van der Waals surface area contributed by atoms with Crippen LogP contribution in [0.5, 0.6) is 0 Å². The van der Waals surface area contributed by atoms with Crippen LogP contribution < -0.4 is 4.90 Å². The molecule has 0 aliphatic carbocycles. The Morgan fingerprint density at radius 1 is 1.11 bits per heavy atom. The highest BCUT2D eigenvalue weighted by Gasteiger charge is 2.23. The van der Waals surface area contributed by atoms with Gasteiger partial charge in [-0.3, -0.25) is 4.79 Å². The fourth-order valence-corrected chi connectivity index (χ4v) is 3.64. The lowest BCUT2D eigenvalue weighted by molar-refractivity contribution is 0.0746. The van der Waals surface area contributed by atoms with Gasteiger partial charge in [0.15, 0.2) is 5.65 Å². The van der Waals surface area contributed by atoms with Crippen molar-refractivity contribution in [2.75, 3.05) is 31.1 Å². The second kappa shape index (κ2) is 7.19. The van der Waals surface area contributed by atoms with E-state index in [9.17, 15) is 4.79 Å². The summed E-state index contributed by atoms with van der Waals surface area (Å²) in [5.41, 5.74) is 2.52. The van der Waals surface area contributed by atoms with Gasteiger partial charge in [0.05, 0.1) is 11.8 Å². The van der Waals surface area contributed by atoms with Gasteiger partial charge in [0.25, 0.3) is 5.91 Å². The van der Waals surface area contributed by atoms with E-state index in [1.54, 1.807) is 12.4 Å². The predicted molar refractivity (Wildman–Crippen MR) is 107 cm³/mol. The molecule has 0 atom stereocenters. The number of nitrogens with zero attached hydrogens (tertiary/aromatic N) is 5. The average molecular weight is 384 g/mol. The van der Waals surface area contributed by atoms with Crippen LogP contribution in [0.2, 0.25) is 5.02 Å². The van der Waals surface area contributed by atoms with Crippen LogP contribution in [0.1, 0.15) is 30.2 Å². The zero-order valence-corrected chi connectivity index (χ0v) is 16.2. The molecule has 6 nitrogen and oxygen atoms in total. The van der Waals surface area contributed by atoms with Crippen LogP contribution in [0, 0.1) is 0 Å². The minimum atomic E-state index is 0.0208. The lowest BCUT2D eigenvalue weighted by Crippen LogP contribution is -2.48. The van der Waals surface area contributed by atoms with Gasteiger partial charge in [0.1, 0.15) is 0 Å². The van der Waals surface area contributed by atoms with E-state index in [1.807, 2.05) is 39.9 Å². The number of pyridine rings is 1. The Morgan fingerprint density at radius 3 is 2.59 bits per heavy atom. The summed E-state index contributed by atoms with van der Waals surface area (Å²) >= 11 is 6.09. The van der Waals surface area contributed by atoms with E-state index in [1.165, 1.54) is 0 Å². The molecule has 0 spiro atoms. The fraction of sp³-hybridized carbons (Fsp3) is 0.350. The molecule has 1 aliphatic rings. The third-order valence-electron chi connectivity index (χ3n) is 4.91. The summed E-state index contributed by atoms with van der Waals surface area (Å²) in [6.45, 7) is 7.04. The molecule has 140 valence electrons. The van der Waals surface area contributed by atoms with Crippen molar-refractivity contribution >= 4 is 34.2 Å². The number of benzene rings is 1. The lowest BCUT2D eigenvalue weighted by Gasteiger charge is -2.36. The number of amides is 1. The van der Waals surface area contributed by atoms with Gasteiger partial charge in [-0.15, -0.1) is 0 Å². The van der Waals surface area contributed by atoms with E-state index < -0.39 is 0 Å². The molecule has 2 aromatic heterocycles. The smallest absolute Gasteiger partial charge is 0.255 e. The van der Waals surface area contributed by atoms with Gasteiger partial charge in [-0.25, -0.2) is 9.67 Å². The molecule has 4 rings (SSSR count). The summed E-state index contributed by atoms with van der Waals surface area (Å²) in [5, 5.41) is 5.99. The minimum absolute atomic E-state index is 0.0208. The van der Waals surface area contributed by atoms with Gasteiger partial charge >= 0.3 is 0 Å². The number of piperazine rings is 1. The van der Waals surface area contributed by atoms with Crippen molar-refractivity contribution in [2.45, 2.75) is 19.9 Å². The summed E-state index contributed by atoms with van der Waals surface area (Å²) in [4.78, 5) is 21.5. The maximum absolute atomic E-state index is 12.9. The summed E-state index contributed by atoms with van der Waals surface area (Å²) in [6, 6.07) is 9.95. The molecule has 0 N–H and O–H groups in total. The number of halogens is 1. The summed E-state index contributed by atoms with van der Waals surface area (Å²) in [6.07, 6.45) is 3.44. The van der Waals surface area contributed by atoms with E-state index >= 15 is 0 Å². The number of fused-ring (bicyclic) bond motifs is 1. The van der Waals surface area contributed by atoms with Crippen LogP contribution in [-0.4, -0.2) is 51.8 Å². The third kappa shape index (κ3) is 3.49. The zero-order valence-electron chi connectivity index (χ0n) is 15.5. The molecule has 1 amide bonds. The monoisotopic (exact) mass is 383 g/mol. The number of rotatable bonds is 3. The summed E-state index contributed by atoms with van der Waals surface area (Å²) in [7, 11) is 0. The van der Waals surface area contributed by atoms with Gasteiger partial charge in [-0.05, 0) is 38.1 Å². The van der Waals surface area contributed by atoms with Crippen LogP contribution in [0.4, 0.5) is 5.69 Å². The van der Waals surface area contributed by atoms with E-state index in [0.29, 0.717) is 18.7 Å². The molecule has 0 bridgehead atoms. The highest BCUT2D eigenvalue weighted by Crippen LogP contribution is 2.22. The van der Waals surface area contributed by atoms with Gasteiger partial charge in [-0.1, -0.05) is 17.7 Å². The van der Waals surface area contributed by atoms with E-state index in [0.717, 1.165) is 34.8 Å². The van der Waals surface area contributed by atoms with Crippen molar-refractivity contribution in [3.63, 3.8) is 0 Å². The van der Waals surface area contributed by atoms with Gasteiger partial charge < -0.3 is 9.80 Å². The SMILES string of the molecule is CC(C)n1ncc2cc(C(=O)N3CCN(c4cccc(Cl)c4)CC3)cnc21. The Kier molecular flexibility index (Phi) is 4.74. The van der Waals surface area contributed by atoms with Crippen LogP contribution in [0.25, 0.3) is 11.0 Å². The molecule has 1 saturated heterocycles. The number of hydrogen-bond donors (Lipinski definition) is 0. The topological polar surface area (TPSA) is 54.3 Å². The molecule has 27 heavy (non-hydrogen) atoms. The number of carbonyl (C=O) groups is 1. The highest BCUT2D eigenvalue weighted by atomic mass is 35.5. The van der Waals surface area contributed by atoms with Crippen molar-refractivity contribution in [1.82, 2.24) is 19.7 Å². The van der Waals surface area contributed by atoms with Crippen molar-refractivity contribution in [2.24, 2.45) is 0 Å². The zero-order chi connectivity index (χ0) is 19.0. The van der Waals surface area contributed by atoms with Crippen LogP contribution in [0.15, 0.2) is 42.7 Å². The average Bonchev–Trinajstić information content (AvgIpc) is 3.11. The Labute approximate surface area is 163 Å². The van der Waals surface area contributed by atoms with E-state index in [-0.39, 0.29) is 11.9 Å². The molecule has 3 aromatic rings. The molecular formula is C20H22ClN5O. The molecule has 1 aromatic carbocycles. The van der Waals surface area contributed by atoms with Gasteiger partial charge in [0.2, 0.25) is 0 Å². The van der Waals surface area contributed by atoms with E-state index in [2.05, 4.69) is 28.8 Å². The fourth-order valence-electron chi connectivity index (χ4n) is 3.46. The largest absolute Gasteiger partial charge is 0.368 e. The number of hydrogen-bond acceptors (Lipinski definition) is 4. The number of carbonyl (C=O) groups excluding carboxylic acids is 1. The first kappa shape index (κ1) is 17.8. The van der Waals surface area contributed by atoms with E-state index in [4.69, 9.17) is 11.6 Å². The number of aromatic nitrogens is 3. The maximum atomic E-state index is 12.9. The van der Waals surface area contributed by atoms with Crippen molar-refractivity contribution in [3.8, 4) is 0 Å². The van der Waals surface area contributed by atoms with Crippen LogP contribution >= 0.6 is 11.6 Å². The minimum Gasteiger partial charge on any atom is -0.368 e. The first-order valence-corrected chi connectivity index (χ1v) is 9.54. The van der Waals surface area contributed by atoms with Gasteiger partial charge in [0, 0.05) is 54.5 Å². The van der Waals surface area contributed by atoms with Crippen LogP contribution in [0.3, 0.4) is 0 Å². The molecule has 0 radical (unpaired) electrons. The number of anilines is 1. The maximum Gasteiger partial charge on any atom is 0.255 e. The molecule has 1 fully saturated rings. The molecule has 7 heteroatoms. The Balaban J connectivity index is 1.47. The summed E-state index contributed by atoms with van der Waals surface area (Å²) < 4.78 is 1.87. The Morgan fingerprint density at radius 2 is 1.89 bits per heavy atom. The second-order valence-corrected chi connectivity index (χ2v) is 7.52. The second-order valence-electron chi connectivity index (χ2n) is 7.08. The summed E-state index contributed by atoms with van der Waals surface area (Å²) in [5.74, 6) is 0.0208. The standard InChI is InChI=1S/C20H22ClN5O/c1-14(2)26-19-15(13-23-26)10-16(12-22-19)20(27)25-8-6-24(7-9-25)18-5-3-4-17(21)11-18/h3-5,10-14H,6-9H2,1-2H3. The Bertz CT molecular complexity index is 975. The van der Waals surface area contributed by atoms with Crippen molar-refractivity contribution < 1.29 is 4.79 Å². The first-order chi connectivity index (χ1) is 13.0. The molecule has 0 saturated carbocycles. The molecule has 3 heterocycles. The first-order valence-electron chi connectivity index (χ1n) is 9.16. The van der Waals surface area contributed by atoms with Crippen molar-refractivity contribution in [3.05, 3.63) is 53.3 Å². The Hall–Kier alpha value is -2.60. The van der Waals surface area contributed by atoms with Gasteiger partial charge in [-0.2, -0.15) is 5.10 Å². The molecular weight excluding hydrogens is 362 g/mol. The quantitative estimate of drug-likeness (QED) is 0.693. The molecule has 0 unspecified atom stereocenters. The predicted octanol–water partition coefficient (Wildman–Crippen LogP) is 3.63. The lowest BCUT2D eigenvalue weighted by atomic mass is 10.2. The van der Waals surface area contributed by atoms with Crippen molar-refractivity contribution in [1.29, 1.82) is 0 Å². The highest BCUT2D eigenvalue weighted by molar-refractivity contribution is 6.30. The van der Waals surface area contributed by atoms with Crippen LogP contribution in [-0.2, 0) is 0 Å².